The molecular weight excluding hydrogens is 408 g/mol. The quantitative estimate of drug-likeness (QED) is 0.315. The van der Waals surface area contributed by atoms with E-state index in [2.05, 4.69) is 16.0 Å². The Morgan fingerprint density at radius 2 is 1.83 bits per heavy atom. The highest BCUT2D eigenvalue weighted by Crippen LogP contribution is 2.16. The first-order valence-electron chi connectivity index (χ1n) is 8.70. The van der Waals surface area contributed by atoms with Gasteiger partial charge in [-0.15, -0.1) is 0 Å². The van der Waals surface area contributed by atoms with Crippen LogP contribution >= 0.6 is 12.2 Å². The molecule has 0 aliphatic rings. The van der Waals surface area contributed by atoms with Gasteiger partial charge in [0.1, 0.15) is 5.76 Å². The molecule has 152 valence electrons. The second-order valence-corrected chi connectivity index (χ2v) is 6.43. The van der Waals surface area contributed by atoms with Gasteiger partial charge in [0.25, 0.3) is 17.5 Å². The van der Waals surface area contributed by atoms with Crippen LogP contribution in [0.3, 0.4) is 0 Å². The maximum Gasteiger partial charge on any atom is 0.270 e. The van der Waals surface area contributed by atoms with E-state index in [1.165, 1.54) is 24.5 Å². The number of rotatable bonds is 6. The molecule has 2 aromatic carbocycles. The summed E-state index contributed by atoms with van der Waals surface area (Å²) in [6.07, 6.45) is 1.51. The normalized spacial score (nSPS) is 10.1. The third-order valence-electron chi connectivity index (χ3n) is 3.97. The second-order valence-electron chi connectivity index (χ2n) is 6.02. The molecule has 0 unspecified atom stereocenters. The standard InChI is InChI=1S/C20H16N4O5S/c25-18(13-5-3-6-14(11-13)24(27)28)23-20(30)22-17-9-2-1-8-16(17)19(26)21-12-15-7-4-10-29-15/h1-11H,12H2,(H,21,26)(H2,22,23,25,30). The molecule has 1 heterocycles. The van der Waals surface area contributed by atoms with Crippen LogP contribution in [0.1, 0.15) is 26.5 Å². The number of nitro benzene ring substituents is 1. The van der Waals surface area contributed by atoms with Crippen molar-refractivity contribution in [1.82, 2.24) is 10.6 Å². The van der Waals surface area contributed by atoms with E-state index in [-0.39, 0.29) is 28.8 Å². The number of para-hydroxylation sites is 1. The molecule has 0 aliphatic carbocycles. The van der Waals surface area contributed by atoms with Gasteiger partial charge in [-0.05, 0) is 42.5 Å². The molecule has 0 saturated carbocycles. The number of furan rings is 1. The summed E-state index contributed by atoms with van der Waals surface area (Å²) >= 11 is 5.15. The molecule has 3 rings (SSSR count). The predicted molar refractivity (Wildman–Crippen MR) is 113 cm³/mol. The number of anilines is 1. The van der Waals surface area contributed by atoms with Crippen molar-refractivity contribution in [2.45, 2.75) is 6.54 Å². The smallest absolute Gasteiger partial charge is 0.270 e. The Labute approximate surface area is 176 Å². The van der Waals surface area contributed by atoms with E-state index in [1.807, 2.05) is 0 Å². The summed E-state index contributed by atoms with van der Waals surface area (Å²) < 4.78 is 5.18. The summed E-state index contributed by atoms with van der Waals surface area (Å²) in [5, 5.41) is 18.8. The highest BCUT2D eigenvalue weighted by molar-refractivity contribution is 7.80. The van der Waals surface area contributed by atoms with E-state index < -0.39 is 10.8 Å². The molecule has 0 fully saturated rings. The average molecular weight is 424 g/mol. The van der Waals surface area contributed by atoms with Gasteiger partial charge in [0, 0.05) is 17.7 Å². The van der Waals surface area contributed by atoms with Crippen LogP contribution in [0.2, 0.25) is 0 Å². The van der Waals surface area contributed by atoms with Gasteiger partial charge in [-0.25, -0.2) is 0 Å². The number of hydrogen-bond donors (Lipinski definition) is 3. The minimum Gasteiger partial charge on any atom is -0.467 e. The summed E-state index contributed by atoms with van der Waals surface area (Å²) in [7, 11) is 0. The minimum atomic E-state index is -0.615. The number of nitrogens with zero attached hydrogens (tertiary/aromatic N) is 1. The van der Waals surface area contributed by atoms with Crippen LogP contribution in [0.25, 0.3) is 0 Å². The van der Waals surface area contributed by atoms with Crippen molar-refractivity contribution in [3.8, 4) is 0 Å². The SMILES string of the molecule is O=C(NC(=S)Nc1ccccc1C(=O)NCc1ccco1)c1cccc([N+](=O)[O-])c1. The Kier molecular flexibility index (Phi) is 6.50. The summed E-state index contributed by atoms with van der Waals surface area (Å²) in [5.41, 5.74) is 0.577. The number of amides is 2. The van der Waals surface area contributed by atoms with E-state index >= 15 is 0 Å². The van der Waals surface area contributed by atoms with Gasteiger partial charge in [-0.2, -0.15) is 0 Å². The Morgan fingerprint density at radius 3 is 2.57 bits per heavy atom. The average Bonchev–Trinajstić information content (AvgIpc) is 3.26. The molecule has 3 aromatic rings. The third kappa shape index (κ3) is 5.26. The number of carbonyl (C=O) groups excluding carboxylic acids is 2. The van der Waals surface area contributed by atoms with Crippen molar-refractivity contribution in [2.75, 3.05) is 5.32 Å². The van der Waals surface area contributed by atoms with Gasteiger partial charge in [-0.3, -0.25) is 25.0 Å². The fourth-order valence-corrected chi connectivity index (χ4v) is 2.76. The number of non-ortho nitro benzene ring substituents is 1. The molecule has 0 bridgehead atoms. The van der Waals surface area contributed by atoms with Crippen LogP contribution in [0.4, 0.5) is 11.4 Å². The van der Waals surface area contributed by atoms with E-state index in [0.717, 1.165) is 6.07 Å². The van der Waals surface area contributed by atoms with Crippen molar-refractivity contribution in [1.29, 1.82) is 0 Å². The van der Waals surface area contributed by atoms with Gasteiger partial charge in [0.05, 0.1) is 29.0 Å². The molecule has 9 nitrogen and oxygen atoms in total. The van der Waals surface area contributed by atoms with Crippen LogP contribution in [-0.2, 0) is 6.54 Å². The van der Waals surface area contributed by atoms with Gasteiger partial charge >= 0.3 is 0 Å². The Morgan fingerprint density at radius 1 is 1.03 bits per heavy atom. The topological polar surface area (TPSA) is 127 Å². The van der Waals surface area contributed by atoms with Gasteiger partial charge in [0.15, 0.2) is 5.11 Å². The molecular formula is C20H16N4O5S. The fraction of sp³-hybridized carbons (Fsp3) is 0.0500. The first-order valence-corrected chi connectivity index (χ1v) is 9.11. The van der Waals surface area contributed by atoms with Crippen molar-refractivity contribution in [3.63, 3.8) is 0 Å². The maximum absolute atomic E-state index is 12.5. The lowest BCUT2D eigenvalue weighted by Crippen LogP contribution is -2.35. The Hall–Kier alpha value is -4.05. The minimum absolute atomic E-state index is 0.0576. The monoisotopic (exact) mass is 424 g/mol. The van der Waals surface area contributed by atoms with Gasteiger partial charge in [-0.1, -0.05) is 18.2 Å². The van der Waals surface area contributed by atoms with E-state index in [4.69, 9.17) is 16.6 Å². The molecule has 0 aliphatic heterocycles. The zero-order valence-electron chi connectivity index (χ0n) is 15.5. The van der Waals surface area contributed by atoms with Crippen molar-refractivity contribution in [3.05, 3.63) is 93.9 Å². The zero-order chi connectivity index (χ0) is 21.5. The number of thiocarbonyl (C=S) groups is 1. The molecule has 2 amide bonds. The van der Waals surface area contributed by atoms with E-state index in [1.54, 1.807) is 36.4 Å². The lowest BCUT2D eigenvalue weighted by Gasteiger charge is -2.13. The number of carbonyl (C=O) groups is 2. The van der Waals surface area contributed by atoms with Crippen molar-refractivity contribution < 1.29 is 18.9 Å². The first-order chi connectivity index (χ1) is 14.4. The van der Waals surface area contributed by atoms with Crippen LogP contribution < -0.4 is 16.0 Å². The van der Waals surface area contributed by atoms with Crippen LogP contribution in [0, 0.1) is 10.1 Å². The maximum atomic E-state index is 12.5. The zero-order valence-corrected chi connectivity index (χ0v) is 16.3. The summed E-state index contributed by atoms with van der Waals surface area (Å²) in [6.45, 7) is 0.216. The summed E-state index contributed by atoms with van der Waals surface area (Å²) in [6, 6.07) is 15.4. The fourth-order valence-electron chi connectivity index (χ4n) is 2.56. The van der Waals surface area contributed by atoms with Crippen LogP contribution in [-0.4, -0.2) is 21.9 Å². The number of nitro groups is 1. The molecule has 30 heavy (non-hydrogen) atoms. The second kappa shape index (κ2) is 9.43. The molecule has 3 N–H and O–H groups in total. The van der Waals surface area contributed by atoms with Crippen LogP contribution in [0.5, 0.6) is 0 Å². The largest absolute Gasteiger partial charge is 0.467 e. The molecule has 0 spiro atoms. The van der Waals surface area contributed by atoms with Gasteiger partial charge in [0.2, 0.25) is 0 Å². The summed E-state index contributed by atoms with van der Waals surface area (Å²) in [4.78, 5) is 35.1. The molecule has 1 aromatic heterocycles. The molecule has 0 radical (unpaired) electrons. The number of benzene rings is 2. The van der Waals surface area contributed by atoms with Gasteiger partial charge < -0.3 is 15.1 Å². The lowest BCUT2D eigenvalue weighted by molar-refractivity contribution is -0.384. The van der Waals surface area contributed by atoms with E-state index in [9.17, 15) is 19.7 Å². The number of hydrogen-bond acceptors (Lipinski definition) is 6. The van der Waals surface area contributed by atoms with Crippen molar-refractivity contribution in [2.24, 2.45) is 0 Å². The lowest BCUT2D eigenvalue weighted by atomic mass is 10.1. The Bertz CT molecular complexity index is 1100. The first kappa shape index (κ1) is 20.7. The third-order valence-corrected chi connectivity index (χ3v) is 4.17. The number of nitrogens with one attached hydrogen (secondary N) is 3. The summed E-state index contributed by atoms with van der Waals surface area (Å²) in [5.74, 6) is -0.369. The Balaban J connectivity index is 1.65. The highest BCUT2D eigenvalue weighted by atomic mass is 32.1. The molecule has 10 heteroatoms. The van der Waals surface area contributed by atoms with Crippen molar-refractivity contribution >= 4 is 40.5 Å². The molecule has 0 saturated heterocycles. The highest BCUT2D eigenvalue weighted by Gasteiger charge is 2.15. The van der Waals surface area contributed by atoms with Crippen LogP contribution in [0.15, 0.2) is 71.3 Å². The molecule has 0 atom stereocenters. The predicted octanol–water partition coefficient (Wildman–Crippen LogP) is 3.24. The van der Waals surface area contributed by atoms with E-state index in [0.29, 0.717) is 17.0 Å².